The van der Waals surface area contributed by atoms with E-state index in [0.717, 1.165) is 25.6 Å². The first kappa shape index (κ1) is 11.4. The van der Waals surface area contributed by atoms with Crippen molar-refractivity contribution in [2.75, 3.05) is 19.6 Å². The van der Waals surface area contributed by atoms with E-state index in [4.69, 9.17) is 10.5 Å². The van der Waals surface area contributed by atoms with Gasteiger partial charge in [0.05, 0.1) is 12.2 Å². The highest BCUT2D eigenvalue weighted by Crippen LogP contribution is 2.36. The molecule has 1 saturated heterocycles. The third kappa shape index (κ3) is 3.44. The fourth-order valence-corrected chi connectivity index (χ4v) is 2.51. The molecule has 1 aliphatic carbocycles. The maximum atomic E-state index is 6.07. The molecular formula is C12H24N2O. The zero-order valence-corrected chi connectivity index (χ0v) is 10.2. The Bertz CT molecular complexity index is 220. The lowest BCUT2D eigenvalue weighted by atomic mass is 10.0. The fourth-order valence-electron chi connectivity index (χ4n) is 2.51. The molecule has 2 rings (SSSR count). The highest BCUT2D eigenvalue weighted by molar-refractivity contribution is 4.90. The molecule has 1 heterocycles. The highest BCUT2D eigenvalue weighted by Gasteiger charge is 2.37. The summed E-state index contributed by atoms with van der Waals surface area (Å²) in [7, 11) is 0. The van der Waals surface area contributed by atoms with Gasteiger partial charge >= 0.3 is 0 Å². The summed E-state index contributed by atoms with van der Waals surface area (Å²) in [4.78, 5) is 2.47. The van der Waals surface area contributed by atoms with Gasteiger partial charge in [-0.1, -0.05) is 0 Å². The van der Waals surface area contributed by atoms with Gasteiger partial charge in [-0.05, 0) is 39.5 Å². The average molecular weight is 212 g/mol. The van der Waals surface area contributed by atoms with Crippen molar-refractivity contribution in [1.82, 2.24) is 4.90 Å². The molecule has 0 spiro atoms. The first-order valence-electron chi connectivity index (χ1n) is 6.11. The van der Waals surface area contributed by atoms with Crippen LogP contribution in [0.25, 0.3) is 0 Å². The summed E-state index contributed by atoms with van der Waals surface area (Å²) in [6.07, 6.45) is 3.55. The number of nitrogens with zero attached hydrogens (tertiary/aromatic N) is 1. The quantitative estimate of drug-likeness (QED) is 0.764. The van der Waals surface area contributed by atoms with Crippen molar-refractivity contribution in [2.24, 2.45) is 11.7 Å². The molecule has 0 aromatic heterocycles. The Labute approximate surface area is 93.0 Å². The molecule has 0 bridgehead atoms. The number of rotatable bonds is 3. The highest BCUT2D eigenvalue weighted by atomic mass is 16.5. The lowest BCUT2D eigenvalue weighted by molar-refractivity contribution is -0.0889. The molecule has 2 atom stereocenters. The van der Waals surface area contributed by atoms with Crippen LogP contribution in [0.3, 0.4) is 0 Å². The van der Waals surface area contributed by atoms with E-state index in [2.05, 4.69) is 25.7 Å². The zero-order valence-electron chi connectivity index (χ0n) is 10.2. The topological polar surface area (TPSA) is 38.5 Å². The second-order valence-electron chi connectivity index (χ2n) is 6.01. The Balaban J connectivity index is 1.88. The SMILES string of the molecule is CC1CN(CC(C)(C)N)CC(C2CC2)O1. The zero-order chi connectivity index (χ0) is 11.1. The molecule has 1 saturated carbocycles. The maximum Gasteiger partial charge on any atom is 0.0734 e. The summed E-state index contributed by atoms with van der Waals surface area (Å²) in [5, 5.41) is 0. The van der Waals surface area contributed by atoms with E-state index < -0.39 is 0 Å². The molecule has 0 aromatic rings. The van der Waals surface area contributed by atoms with E-state index in [0.29, 0.717) is 12.2 Å². The molecule has 1 aliphatic heterocycles. The first-order chi connectivity index (χ1) is 6.94. The number of hydrogen-bond acceptors (Lipinski definition) is 3. The Morgan fingerprint density at radius 1 is 1.33 bits per heavy atom. The van der Waals surface area contributed by atoms with Crippen molar-refractivity contribution in [2.45, 2.75) is 51.4 Å². The molecule has 2 fully saturated rings. The summed E-state index contributed by atoms with van der Waals surface area (Å²) in [6.45, 7) is 9.45. The van der Waals surface area contributed by atoms with E-state index in [1.54, 1.807) is 0 Å². The van der Waals surface area contributed by atoms with E-state index in [1.165, 1.54) is 12.8 Å². The molecule has 2 unspecified atom stereocenters. The van der Waals surface area contributed by atoms with Gasteiger partial charge in [-0.3, -0.25) is 4.90 Å². The van der Waals surface area contributed by atoms with E-state index in [-0.39, 0.29) is 5.54 Å². The molecule has 2 aliphatic rings. The lowest BCUT2D eigenvalue weighted by Gasteiger charge is -2.39. The minimum absolute atomic E-state index is 0.0921. The molecule has 0 aromatic carbocycles. The van der Waals surface area contributed by atoms with Crippen LogP contribution in [0, 0.1) is 5.92 Å². The molecule has 88 valence electrons. The lowest BCUT2D eigenvalue weighted by Crippen LogP contribution is -2.54. The van der Waals surface area contributed by atoms with Crippen molar-refractivity contribution >= 4 is 0 Å². The van der Waals surface area contributed by atoms with E-state index in [9.17, 15) is 0 Å². The summed E-state index contributed by atoms with van der Waals surface area (Å²) in [6, 6.07) is 0. The third-order valence-electron chi connectivity index (χ3n) is 3.14. The minimum atomic E-state index is -0.0921. The summed E-state index contributed by atoms with van der Waals surface area (Å²) in [5.41, 5.74) is 5.97. The monoisotopic (exact) mass is 212 g/mol. The van der Waals surface area contributed by atoms with Crippen LogP contribution in [0.5, 0.6) is 0 Å². The van der Waals surface area contributed by atoms with Crippen LogP contribution >= 0.6 is 0 Å². The Hall–Kier alpha value is -0.120. The molecule has 3 heteroatoms. The van der Waals surface area contributed by atoms with E-state index >= 15 is 0 Å². The van der Waals surface area contributed by atoms with Gasteiger partial charge < -0.3 is 10.5 Å². The van der Waals surface area contributed by atoms with Crippen LogP contribution in [-0.2, 0) is 4.74 Å². The van der Waals surface area contributed by atoms with Crippen LogP contribution in [0.4, 0.5) is 0 Å². The Morgan fingerprint density at radius 3 is 2.53 bits per heavy atom. The van der Waals surface area contributed by atoms with Gasteiger partial charge in [-0.15, -0.1) is 0 Å². The van der Waals surface area contributed by atoms with Gasteiger partial charge in [0.1, 0.15) is 0 Å². The van der Waals surface area contributed by atoms with Crippen LogP contribution in [0.1, 0.15) is 33.6 Å². The number of nitrogens with two attached hydrogens (primary N) is 1. The molecule has 0 amide bonds. The fraction of sp³-hybridized carbons (Fsp3) is 1.00. The van der Waals surface area contributed by atoms with Crippen molar-refractivity contribution in [1.29, 1.82) is 0 Å². The Morgan fingerprint density at radius 2 is 2.00 bits per heavy atom. The van der Waals surface area contributed by atoms with Crippen molar-refractivity contribution in [3.05, 3.63) is 0 Å². The van der Waals surface area contributed by atoms with Crippen molar-refractivity contribution in [3.63, 3.8) is 0 Å². The standard InChI is InChI=1S/C12H24N2O/c1-9-6-14(8-12(2,3)13)7-11(15-9)10-4-5-10/h9-11H,4-8,13H2,1-3H3. The summed E-state index contributed by atoms with van der Waals surface area (Å²) >= 11 is 0. The smallest absolute Gasteiger partial charge is 0.0734 e. The normalized spacial score (nSPS) is 34.4. The molecule has 3 nitrogen and oxygen atoms in total. The third-order valence-corrected chi connectivity index (χ3v) is 3.14. The molecule has 0 radical (unpaired) electrons. The largest absolute Gasteiger partial charge is 0.372 e. The molecule has 15 heavy (non-hydrogen) atoms. The maximum absolute atomic E-state index is 6.07. The number of morpholine rings is 1. The van der Waals surface area contributed by atoms with Crippen LogP contribution in [0.2, 0.25) is 0 Å². The van der Waals surface area contributed by atoms with Gasteiger partial charge in [-0.25, -0.2) is 0 Å². The summed E-state index contributed by atoms with van der Waals surface area (Å²) < 4.78 is 5.97. The van der Waals surface area contributed by atoms with Gasteiger partial charge in [0.2, 0.25) is 0 Å². The van der Waals surface area contributed by atoms with Crippen LogP contribution in [0.15, 0.2) is 0 Å². The predicted octanol–water partition coefficient (Wildman–Crippen LogP) is 1.22. The van der Waals surface area contributed by atoms with Gasteiger partial charge in [0.25, 0.3) is 0 Å². The minimum Gasteiger partial charge on any atom is -0.372 e. The first-order valence-corrected chi connectivity index (χ1v) is 6.11. The second kappa shape index (κ2) is 4.04. The van der Waals surface area contributed by atoms with Gasteiger partial charge in [-0.2, -0.15) is 0 Å². The van der Waals surface area contributed by atoms with Gasteiger partial charge in [0, 0.05) is 25.2 Å². The average Bonchev–Trinajstić information content (AvgIpc) is 2.80. The predicted molar refractivity (Wildman–Crippen MR) is 61.8 cm³/mol. The Kier molecular flexibility index (Phi) is 3.06. The van der Waals surface area contributed by atoms with Crippen molar-refractivity contribution < 1.29 is 4.74 Å². The van der Waals surface area contributed by atoms with Crippen LogP contribution in [-0.4, -0.2) is 42.3 Å². The van der Waals surface area contributed by atoms with Crippen LogP contribution < -0.4 is 5.73 Å². The number of ether oxygens (including phenoxy) is 1. The second-order valence-corrected chi connectivity index (χ2v) is 6.01. The number of hydrogen-bond donors (Lipinski definition) is 1. The van der Waals surface area contributed by atoms with Crippen molar-refractivity contribution in [3.8, 4) is 0 Å². The molecule has 2 N–H and O–H groups in total. The van der Waals surface area contributed by atoms with Gasteiger partial charge in [0.15, 0.2) is 0 Å². The van der Waals surface area contributed by atoms with E-state index in [1.807, 2.05) is 0 Å². The summed E-state index contributed by atoms with van der Waals surface area (Å²) in [5.74, 6) is 0.830. The molecular weight excluding hydrogens is 188 g/mol.